The van der Waals surface area contributed by atoms with Crippen molar-refractivity contribution >= 4 is 16.6 Å². The summed E-state index contributed by atoms with van der Waals surface area (Å²) in [5.74, 6) is 0.0817. The lowest BCUT2D eigenvalue weighted by Gasteiger charge is -2.17. The van der Waals surface area contributed by atoms with Crippen LogP contribution >= 0.6 is 0 Å². The van der Waals surface area contributed by atoms with Gasteiger partial charge in [-0.3, -0.25) is 4.98 Å². The van der Waals surface area contributed by atoms with Crippen LogP contribution < -0.4 is 5.32 Å². The Bertz CT molecular complexity index is 1290. The van der Waals surface area contributed by atoms with Gasteiger partial charge in [0.15, 0.2) is 5.82 Å². The van der Waals surface area contributed by atoms with Crippen LogP contribution in [0.2, 0.25) is 0 Å². The Balaban J connectivity index is 1.56. The van der Waals surface area contributed by atoms with Crippen molar-refractivity contribution in [1.82, 2.24) is 15.2 Å². The maximum atomic E-state index is 13.0. The van der Waals surface area contributed by atoms with Crippen molar-refractivity contribution < 1.29 is 18.3 Å². The van der Waals surface area contributed by atoms with Crippen molar-refractivity contribution in [2.75, 3.05) is 5.32 Å². The minimum atomic E-state index is -4.54. The van der Waals surface area contributed by atoms with Gasteiger partial charge in [0, 0.05) is 28.2 Å². The number of aromatic hydroxyl groups is 1. The first-order chi connectivity index (χ1) is 14.9. The van der Waals surface area contributed by atoms with Gasteiger partial charge in [-0.1, -0.05) is 30.3 Å². The highest BCUT2D eigenvalue weighted by molar-refractivity contribution is 6.01. The molecule has 1 aliphatic rings. The van der Waals surface area contributed by atoms with Crippen LogP contribution in [0.4, 0.5) is 19.0 Å². The van der Waals surface area contributed by atoms with Crippen LogP contribution in [-0.2, 0) is 12.6 Å². The maximum absolute atomic E-state index is 13.0. The van der Waals surface area contributed by atoms with Crippen molar-refractivity contribution in [2.45, 2.75) is 25.1 Å². The SMILES string of the molecule is Oc1cc(C(F)(F)F)ccc1-c1nnc(N[C@H]2CCc3ncccc32)c2ccccc12. The van der Waals surface area contributed by atoms with E-state index >= 15 is 0 Å². The number of halogens is 3. The van der Waals surface area contributed by atoms with Gasteiger partial charge in [-0.2, -0.15) is 13.2 Å². The molecule has 0 fully saturated rings. The molecule has 4 aromatic rings. The fraction of sp³-hybridized carbons (Fsp3) is 0.174. The molecule has 0 amide bonds. The van der Waals surface area contributed by atoms with Crippen molar-refractivity contribution in [3.05, 3.63) is 77.6 Å². The largest absolute Gasteiger partial charge is 0.507 e. The smallest absolute Gasteiger partial charge is 0.416 e. The number of benzene rings is 2. The van der Waals surface area contributed by atoms with E-state index in [2.05, 4.69) is 20.5 Å². The lowest BCUT2D eigenvalue weighted by molar-refractivity contribution is -0.137. The van der Waals surface area contributed by atoms with Gasteiger partial charge in [0.25, 0.3) is 0 Å². The molecule has 2 aromatic heterocycles. The molecule has 0 unspecified atom stereocenters. The highest BCUT2D eigenvalue weighted by atomic mass is 19.4. The lowest BCUT2D eigenvalue weighted by Crippen LogP contribution is -2.10. The zero-order valence-corrected chi connectivity index (χ0v) is 16.2. The molecule has 2 N–H and O–H groups in total. The molecule has 0 aliphatic heterocycles. The van der Waals surface area contributed by atoms with Gasteiger partial charge in [-0.15, -0.1) is 10.2 Å². The Kier molecular flexibility index (Phi) is 4.50. The number of pyridine rings is 1. The van der Waals surface area contributed by atoms with Crippen LogP contribution in [-0.4, -0.2) is 20.3 Å². The predicted octanol–water partition coefficient (Wildman–Crippen LogP) is 5.52. The monoisotopic (exact) mass is 422 g/mol. The summed E-state index contributed by atoms with van der Waals surface area (Å²) in [5, 5.41) is 23.7. The van der Waals surface area contributed by atoms with Gasteiger partial charge in [0.05, 0.1) is 11.6 Å². The molecule has 1 aliphatic carbocycles. The summed E-state index contributed by atoms with van der Waals surface area (Å²) in [7, 11) is 0. The molecule has 0 bridgehead atoms. The topological polar surface area (TPSA) is 70.9 Å². The van der Waals surface area contributed by atoms with Crippen LogP contribution in [0.5, 0.6) is 5.75 Å². The number of phenols is 1. The van der Waals surface area contributed by atoms with Crippen LogP contribution in [0.25, 0.3) is 22.0 Å². The van der Waals surface area contributed by atoms with Crippen molar-refractivity contribution in [3.63, 3.8) is 0 Å². The van der Waals surface area contributed by atoms with Crippen molar-refractivity contribution in [3.8, 4) is 17.0 Å². The van der Waals surface area contributed by atoms with Gasteiger partial charge in [0.1, 0.15) is 11.4 Å². The van der Waals surface area contributed by atoms with Crippen molar-refractivity contribution in [1.29, 1.82) is 0 Å². The maximum Gasteiger partial charge on any atom is 0.416 e. The summed E-state index contributed by atoms with van der Waals surface area (Å²) in [4.78, 5) is 4.42. The number of aromatic nitrogens is 3. The summed E-state index contributed by atoms with van der Waals surface area (Å²) in [5.41, 5.74) is 1.78. The number of rotatable bonds is 3. The molecule has 31 heavy (non-hydrogen) atoms. The van der Waals surface area contributed by atoms with Gasteiger partial charge in [-0.05, 0) is 42.7 Å². The molecule has 2 aromatic carbocycles. The molecular weight excluding hydrogens is 405 g/mol. The first kappa shape index (κ1) is 19.3. The summed E-state index contributed by atoms with van der Waals surface area (Å²) in [6.45, 7) is 0. The van der Waals surface area contributed by atoms with E-state index in [1.54, 1.807) is 6.20 Å². The van der Waals surface area contributed by atoms with E-state index in [4.69, 9.17) is 0 Å². The number of nitrogens with zero attached hydrogens (tertiary/aromatic N) is 3. The average molecular weight is 422 g/mol. The zero-order valence-electron chi connectivity index (χ0n) is 16.2. The number of phenolic OH excluding ortho intramolecular Hbond substituents is 1. The minimum absolute atomic E-state index is 0.0479. The minimum Gasteiger partial charge on any atom is -0.507 e. The average Bonchev–Trinajstić information content (AvgIpc) is 3.16. The second-order valence-corrected chi connectivity index (χ2v) is 7.45. The highest BCUT2D eigenvalue weighted by Gasteiger charge is 2.31. The molecule has 1 atom stereocenters. The number of fused-ring (bicyclic) bond motifs is 2. The summed E-state index contributed by atoms with van der Waals surface area (Å²) >= 11 is 0. The molecule has 2 heterocycles. The Hall–Kier alpha value is -3.68. The molecule has 156 valence electrons. The van der Waals surface area contributed by atoms with E-state index in [0.717, 1.165) is 35.6 Å². The van der Waals surface area contributed by atoms with E-state index in [0.29, 0.717) is 23.0 Å². The summed E-state index contributed by atoms with van der Waals surface area (Å²) < 4.78 is 38.9. The lowest BCUT2D eigenvalue weighted by atomic mass is 10.0. The van der Waals surface area contributed by atoms with E-state index in [9.17, 15) is 18.3 Å². The van der Waals surface area contributed by atoms with E-state index in [1.807, 2.05) is 36.4 Å². The number of aryl methyl sites for hydroxylation is 1. The number of hydrogen-bond acceptors (Lipinski definition) is 5. The quantitative estimate of drug-likeness (QED) is 0.455. The summed E-state index contributed by atoms with van der Waals surface area (Å²) in [6.07, 6.45) is -1.01. The first-order valence-corrected chi connectivity index (χ1v) is 9.78. The van der Waals surface area contributed by atoms with Gasteiger partial charge in [-0.25, -0.2) is 0 Å². The van der Waals surface area contributed by atoms with E-state index in [1.165, 1.54) is 6.07 Å². The van der Waals surface area contributed by atoms with E-state index < -0.39 is 17.5 Å². The predicted molar refractivity (Wildman–Crippen MR) is 111 cm³/mol. The number of nitrogens with one attached hydrogen (secondary N) is 1. The number of hydrogen-bond donors (Lipinski definition) is 2. The molecule has 0 spiro atoms. The first-order valence-electron chi connectivity index (χ1n) is 9.78. The Morgan fingerprint density at radius 2 is 1.77 bits per heavy atom. The Morgan fingerprint density at radius 1 is 0.968 bits per heavy atom. The third kappa shape index (κ3) is 3.43. The van der Waals surface area contributed by atoms with Crippen LogP contribution in [0, 0.1) is 0 Å². The van der Waals surface area contributed by atoms with Gasteiger partial charge in [0.2, 0.25) is 0 Å². The zero-order chi connectivity index (χ0) is 21.6. The van der Waals surface area contributed by atoms with Gasteiger partial charge < -0.3 is 10.4 Å². The molecule has 5 rings (SSSR count). The second-order valence-electron chi connectivity index (χ2n) is 7.45. The van der Waals surface area contributed by atoms with Crippen LogP contribution in [0.15, 0.2) is 60.8 Å². The normalized spacial score (nSPS) is 15.8. The molecule has 0 radical (unpaired) electrons. The Labute approximate surface area is 175 Å². The molecule has 0 saturated carbocycles. The summed E-state index contributed by atoms with van der Waals surface area (Å²) in [6, 6.07) is 14.2. The number of alkyl halides is 3. The third-order valence-electron chi connectivity index (χ3n) is 5.55. The highest BCUT2D eigenvalue weighted by Crippen LogP contribution is 2.39. The standard InChI is InChI=1S/C23H17F3N4O/c24-23(25,26)13-7-8-17(20(31)12-13)21-14-4-1-2-5-15(14)22(30-29-21)28-19-10-9-18-16(19)6-3-11-27-18/h1-8,11-12,19,31H,9-10H2,(H,28,30)/t19-/m0/s1. The fourth-order valence-corrected chi connectivity index (χ4v) is 4.05. The molecular formula is C23H17F3N4O. The fourth-order valence-electron chi connectivity index (χ4n) is 4.05. The van der Waals surface area contributed by atoms with E-state index in [-0.39, 0.29) is 11.6 Å². The van der Waals surface area contributed by atoms with Crippen LogP contribution in [0.1, 0.15) is 29.3 Å². The second kappa shape index (κ2) is 7.23. The van der Waals surface area contributed by atoms with Gasteiger partial charge >= 0.3 is 6.18 Å². The van der Waals surface area contributed by atoms with Crippen molar-refractivity contribution in [2.24, 2.45) is 0 Å². The molecule has 0 saturated heterocycles. The molecule has 8 heteroatoms. The van der Waals surface area contributed by atoms with Crippen LogP contribution in [0.3, 0.4) is 0 Å². The number of anilines is 1. The Morgan fingerprint density at radius 3 is 2.55 bits per heavy atom. The third-order valence-corrected chi connectivity index (χ3v) is 5.55. The molecule has 5 nitrogen and oxygen atoms in total.